The summed E-state index contributed by atoms with van der Waals surface area (Å²) >= 11 is 0. The molecule has 0 saturated heterocycles. The molecule has 0 saturated carbocycles. The highest BCUT2D eigenvalue weighted by atomic mass is 16.6. The maximum absolute atomic E-state index is 11.0. The molecule has 0 spiro atoms. The standard InChI is InChI=1S/C14H12N2O5/c1-9-3-2-4-12(16(19)20)13(9)21-8-10-5-6-15-11(7-10)14(17)18/h2-7H,8H2,1H3,(H,17,18). The van der Waals surface area contributed by atoms with Crippen LogP contribution < -0.4 is 4.74 Å². The third-order valence-corrected chi connectivity index (χ3v) is 2.81. The molecule has 1 aromatic carbocycles. The first-order valence-corrected chi connectivity index (χ1v) is 6.04. The number of aromatic carboxylic acids is 1. The number of ether oxygens (including phenoxy) is 1. The molecule has 0 fully saturated rings. The second-order valence-corrected chi connectivity index (χ2v) is 4.32. The number of para-hydroxylation sites is 1. The molecule has 2 aromatic rings. The molecule has 0 amide bonds. The summed E-state index contributed by atoms with van der Waals surface area (Å²) in [5.74, 6) is -0.963. The molecule has 0 radical (unpaired) electrons. The van der Waals surface area contributed by atoms with Gasteiger partial charge in [-0.1, -0.05) is 12.1 Å². The Morgan fingerprint density at radius 2 is 2.19 bits per heavy atom. The lowest BCUT2D eigenvalue weighted by atomic mass is 10.2. The lowest BCUT2D eigenvalue weighted by molar-refractivity contribution is -0.386. The summed E-state index contributed by atoms with van der Waals surface area (Å²) in [7, 11) is 0. The Kier molecular flexibility index (Phi) is 4.13. The predicted molar refractivity (Wildman–Crippen MR) is 73.4 cm³/mol. The Morgan fingerprint density at radius 1 is 1.43 bits per heavy atom. The fourth-order valence-electron chi connectivity index (χ4n) is 1.81. The molecule has 7 heteroatoms. The van der Waals surface area contributed by atoms with E-state index in [0.29, 0.717) is 11.1 Å². The van der Waals surface area contributed by atoms with Crippen molar-refractivity contribution >= 4 is 11.7 Å². The Balaban J connectivity index is 2.22. The number of rotatable bonds is 5. The van der Waals surface area contributed by atoms with Crippen LogP contribution in [0.4, 0.5) is 5.69 Å². The molecule has 0 atom stereocenters. The van der Waals surface area contributed by atoms with Crippen LogP contribution in [0.15, 0.2) is 36.5 Å². The van der Waals surface area contributed by atoms with E-state index in [9.17, 15) is 14.9 Å². The van der Waals surface area contributed by atoms with Gasteiger partial charge in [0.2, 0.25) is 0 Å². The number of carboxylic acids is 1. The van der Waals surface area contributed by atoms with Crippen molar-refractivity contribution in [2.75, 3.05) is 0 Å². The number of nitrogens with zero attached hydrogens (tertiary/aromatic N) is 2. The highest BCUT2D eigenvalue weighted by molar-refractivity contribution is 5.85. The van der Waals surface area contributed by atoms with Gasteiger partial charge in [-0.25, -0.2) is 9.78 Å². The summed E-state index contributed by atoms with van der Waals surface area (Å²) in [6.45, 7) is 1.73. The van der Waals surface area contributed by atoms with Crippen LogP contribution in [0, 0.1) is 17.0 Å². The quantitative estimate of drug-likeness (QED) is 0.670. The number of benzene rings is 1. The molecule has 7 nitrogen and oxygen atoms in total. The largest absolute Gasteiger partial charge is 0.482 e. The van der Waals surface area contributed by atoms with Gasteiger partial charge in [-0.05, 0) is 30.2 Å². The van der Waals surface area contributed by atoms with E-state index in [1.807, 2.05) is 0 Å². The van der Waals surface area contributed by atoms with Gasteiger partial charge >= 0.3 is 11.7 Å². The van der Waals surface area contributed by atoms with Crippen molar-refractivity contribution in [3.05, 3.63) is 63.5 Å². The predicted octanol–water partition coefficient (Wildman–Crippen LogP) is 2.58. The topological polar surface area (TPSA) is 103 Å². The zero-order valence-corrected chi connectivity index (χ0v) is 11.1. The van der Waals surface area contributed by atoms with E-state index in [1.54, 1.807) is 25.1 Å². The van der Waals surface area contributed by atoms with Gasteiger partial charge in [0.15, 0.2) is 5.75 Å². The van der Waals surface area contributed by atoms with Crippen molar-refractivity contribution in [1.29, 1.82) is 0 Å². The summed E-state index contributed by atoms with van der Waals surface area (Å²) in [5, 5.41) is 19.8. The molecule has 0 aliphatic carbocycles. The molecular formula is C14H12N2O5. The first-order valence-electron chi connectivity index (χ1n) is 6.04. The number of nitro groups is 1. The van der Waals surface area contributed by atoms with Crippen LogP contribution >= 0.6 is 0 Å². The SMILES string of the molecule is Cc1cccc([N+](=O)[O-])c1OCc1ccnc(C(=O)O)c1. The molecule has 1 aromatic heterocycles. The number of hydrogen-bond acceptors (Lipinski definition) is 5. The Morgan fingerprint density at radius 3 is 2.86 bits per heavy atom. The first-order chi connectivity index (χ1) is 9.99. The fraction of sp³-hybridized carbons (Fsp3) is 0.143. The highest BCUT2D eigenvalue weighted by Gasteiger charge is 2.17. The van der Waals surface area contributed by atoms with Gasteiger partial charge in [-0.3, -0.25) is 10.1 Å². The number of hydrogen-bond donors (Lipinski definition) is 1. The maximum atomic E-state index is 11.0. The molecule has 108 valence electrons. The Hall–Kier alpha value is -2.96. The van der Waals surface area contributed by atoms with Crippen LogP contribution in [0.2, 0.25) is 0 Å². The third-order valence-electron chi connectivity index (χ3n) is 2.81. The Labute approximate surface area is 120 Å². The van der Waals surface area contributed by atoms with E-state index < -0.39 is 10.9 Å². The van der Waals surface area contributed by atoms with Crippen LogP contribution in [0.1, 0.15) is 21.6 Å². The van der Waals surface area contributed by atoms with Gasteiger partial charge in [0, 0.05) is 12.3 Å². The maximum Gasteiger partial charge on any atom is 0.354 e. The number of aromatic nitrogens is 1. The average molecular weight is 288 g/mol. The van der Waals surface area contributed by atoms with Gasteiger partial charge in [0.1, 0.15) is 12.3 Å². The van der Waals surface area contributed by atoms with E-state index in [4.69, 9.17) is 9.84 Å². The van der Waals surface area contributed by atoms with Crippen molar-refractivity contribution in [1.82, 2.24) is 4.98 Å². The molecule has 1 heterocycles. The fourth-order valence-corrected chi connectivity index (χ4v) is 1.81. The van der Waals surface area contributed by atoms with Crippen LogP contribution in [-0.2, 0) is 6.61 Å². The Bertz CT molecular complexity index is 700. The van der Waals surface area contributed by atoms with E-state index in [0.717, 1.165) is 0 Å². The summed E-state index contributed by atoms with van der Waals surface area (Å²) in [5.41, 5.74) is 0.981. The zero-order valence-electron chi connectivity index (χ0n) is 11.1. The molecule has 0 unspecified atom stereocenters. The molecule has 1 N–H and O–H groups in total. The van der Waals surface area contributed by atoms with Crippen LogP contribution in [0.5, 0.6) is 5.75 Å². The van der Waals surface area contributed by atoms with Gasteiger partial charge in [-0.15, -0.1) is 0 Å². The van der Waals surface area contributed by atoms with Crippen molar-refractivity contribution in [2.24, 2.45) is 0 Å². The monoisotopic (exact) mass is 288 g/mol. The summed E-state index contributed by atoms with van der Waals surface area (Å²) in [6.07, 6.45) is 1.36. The van der Waals surface area contributed by atoms with Crippen molar-refractivity contribution in [3.63, 3.8) is 0 Å². The lowest BCUT2D eigenvalue weighted by Crippen LogP contribution is -2.04. The summed E-state index contributed by atoms with van der Waals surface area (Å²) < 4.78 is 5.49. The molecule has 2 rings (SSSR count). The van der Waals surface area contributed by atoms with E-state index in [-0.39, 0.29) is 23.7 Å². The second kappa shape index (κ2) is 6.00. The minimum absolute atomic E-state index is 0.0223. The van der Waals surface area contributed by atoms with Crippen LogP contribution in [0.25, 0.3) is 0 Å². The van der Waals surface area contributed by atoms with Crippen molar-refractivity contribution in [2.45, 2.75) is 13.5 Å². The number of nitro benzene ring substituents is 1. The number of pyridine rings is 1. The molecule has 0 bridgehead atoms. The normalized spacial score (nSPS) is 10.1. The van der Waals surface area contributed by atoms with E-state index >= 15 is 0 Å². The smallest absolute Gasteiger partial charge is 0.354 e. The van der Waals surface area contributed by atoms with Crippen molar-refractivity contribution < 1.29 is 19.6 Å². The zero-order chi connectivity index (χ0) is 15.4. The van der Waals surface area contributed by atoms with Crippen LogP contribution in [0.3, 0.4) is 0 Å². The van der Waals surface area contributed by atoms with Crippen LogP contribution in [-0.4, -0.2) is 21.0 Å². The van der Waals surface area contributed by atoms with Gasteiger partial charge < -0.3 is 9.84 Å². The van der Waals surface area contributed by atoms with Gasteiger partial charge in [0.25, 0.3) is 0 Å². The molecule has 21 heavy (non-hydrogen) atoms. The molecule has 0 aliphatic rings. The highest BCUT2D eigenvalue weighted by Crippen LogP contribution is 2.30. The lowest BCUT2D eigenvalue weighted by Gasteiger charge is -2.09. The summed E-state index contributed by atoms with van der Waals surface area (Å²) in [6, 6.07) is 7.60. The average Bonchev–Trinajstić information content (AvgIpc) is 2.46. The second-order valence-electron chi connectivity index (χ2n) is 4.32. The van der Waals surface area contributed by atoms with Crippen molar-refractivity contribution in [3.8, 4) is 5.75 Å². The first kappa shape index (κ1) is 14.4. The number of carboxylic acid groups (broad SMARTS) is 1. The third kappa shape index (κ3) is 3.33. The minimum Gasteiger partial charge on any atom is -0.482 e. The van der Waals surface area contributed by atoms with E-state index in [1.165, 1.54) is 18.3 Å². The molecule has 0 aliphatic heterocycles. The van der Waals surface area contributed by atoms with Gasteiger partial charge in [-0.2, -0.15) is 0 Å². The minimum atomic E-state index is -1.14. The number of carbonyl (C=O) groups is 1. The van der Waals surface area contributed by atoms with E-state index in [2.05, 4.69) is 4.98 Å². The molecular weight excluding hydrogens is 276 g/mol. The summed E-state index contributed by atoms with van der Waals surface area (Å²) in [4.78, 5) is 25.0. The van der Waals surface area contributed by atoms with Gasteiger partial charge in [0.05, 0.1) is 4.92 Å². The number of aryl methyl sites for hydroxylation is 1.